The molecule has 0 saturated heterocycles. The second-order valence-corrected chi connectivity index (χ2v) is 3.65. The van der Waals surface area contributed by atoms with Crippen LogP contribution in [0.2, 0.25) is 0 Å². The summed E-state index contributed by atoms with van der Waals surface area (Å²) in [6, 6.07) is 8.45. The van der Waals surface area contributed by atoms with Gasteiger partial charge in [0.15, 0.2) is 0 Å². The summed E-state index contributed by atoms with van der Waals surface area (Å²) in [5, 5.41) is 0. The van der Waals surface area contributed by atoms with Crippen LogP contribution in [0.5, 0.6) is 0 Å². The Kier molecular flexibility index (Phi) is 2.17. The lowest BCUT2D eigenvalue weighted by molar-refractivity contribution is -0.125. The second kappa shape index (κ2) is 3.33. The third-order valence-corrected chi connectivity index (χ3v) is 2.86. The Morgan fingerprint density at radius 1 is 1.31 bits per heavy atom. The van der Waals surface area contributed by atoms with E-state index in [-0.39, 0.29) is 5.92 Å². The van der Waals surface area contributed by atoms with Crippen LogP contribution in [0.15, 0.2) is 24.3 Å². The van der Waals surface area contributed by atoms with Gasteiger partial charge in [0, 0.05) is 12.3 Å². The first-order valence-corrected chi connectivity index (χ1v) is 4.93. The molecule has 2 rings (SSSR count). The van der Waals surface area contributed by atoms with Crippen molar-refractivity contribution < 1.29 is 4.79 Å². The van der Waals surface area contributed by atoms with Crippen molar-refractivity contribution in [2.24, 2.45) is 0 Å². The number of carbonyl (C=O) groups excluding carboxylic acids is 1. The van der Waals surface area contributed by atoms with E-state index in [1.807, 2.05) is 0 Å². The molecule has 1 unspecified atom stereocenters. The normalized spacial score (nSPS) is 21.3. The summed E-state index contributed by atoms with van der Waals surface area (Å²) >= 11 is 0. The molecule has 1 nitrogen and oxygen atoms in total. The standard InChI is InChI=1S/C12H14O/c1-2-9-3-5-10(6-4-9)11-7-8-12(11)13/h3-6,11H,2,7-8H2,1H3. The minimum atomic E-state index is 0.214. The van der Waals surface area contributed by atoms with Crippen LogP contribution in [0.1, 0.15) is 36.8 Å². The van der Waals surface area contributed by atoms with Gasteiger partial charge in [-0.1, -0.05) is 31.2 Å². The van der Waals surface area contributed by atoms with Gasteiger partial charge in [-0.3, -0.25) is 4.79 Å². The molecule has 0 aliphatic heterocycles. The summed E-state index contributed by atoms with van der Waals surface area (Å²) in [5.41, 5.74) is 2.55. The number of rotatable bonds is 2. The highest BCUT2D eigenvalue weighted by Crippen LogP contribution is 2.32. The first-order valence-electron chi connectivity index (χ1n) is 4.93. The van der Waals surface area contributed by atoms with Crippen molar-refractivity contribution in [1.29, 1.82) is 0 Å². The average molecular weight is 174 g/mol. The number of benzene rings is 1. The first-order chi connectivity index (χ1) is 6.31. The van der Waals surface area contributed by atoms with Crippen LogP contribution in [0.4, 0.5) is 0 Å². The van der Waals surface area contributed by atoms with E-state index >= 15 is 0 Å². The number of Topliss-reactive ketones (excluding diaryl/α,β-unsaturated/α-hetero) is 1. The second-order valence-electron chi connectivity index (χ2n) is 3.65. The third kappa shape index (κ3) is 1.51. The van der Waals surface area contributed by atoms with Crippen LogP contribution >= 0.6 is 0 Å². The Morgan fingerprint density at radius 2 is 2.00 bits per heavy atom. The summed E-state index contributed by atoms with van der Waals surface area (Å²) in [6.45, 7) is 2.14. The Labute approximate surface area is 78.8 Å². The molecule has 0 amide bonds. The monoisotopic (exact) mass is 174 g/mol. The molecule has 13 heavy (non-hydrogen) atoms. The Hall–Kier alpha value is -1.11. The van der Waals surface area contributed by atoms with E-state index in [1.54, 1.807) is 0 Å². The minimum Gasteiger partial charge on any atom is -0.299 e. The maximum Gasteiger partial charge on any atom is 0.140 e. The minimum absolute atomic E-state index is 0.214. The SMILES string of the molecule is CCc1ccc(C2CCC2=O)cc1. The average Bonchev–Trinajstić information content (AvgIpc) is 2.17. The van der Waals surface area contributed by atoms with Gasteiger partial charge in [0.2, 0.25) is 0 Å². The van der Waals surface area contributed by atoms with E-state index in [1.165, 1.54) is 11.1 Å². The van der Waals surface area contributed by atoms with Gasteiger partial charge in [0.05, 0.1) is 0 Å². The Balaban J connectivity index is 2.18. The van der Waals surface area contributed by atoms with E-state index < -0.39 is 0 Å². The Bertz CT molecular complexity index is 310. The molecule has 1 atom stereocenters. The fraction of sp³-hybridized carbons (Fsp3) is 0.417. The van der Waals surface area contributed by atoms with Crippen LogP contribution in [-0.2, 0) is 11.2 Å². The molecule has 1 fully saturated rings. The van der Waals surface area contributed by atoms with E-state index in [2.05, 4.69) is 31.2 Å². The highest BCUT2D eigenvalue weighted by atomic mass is 16.1. The maximum atomic E-state index is 11.2. The number of hydrogen-bond donors (Lipinski definition) is 0. The molecule has 1 aliphatic carbocycles. The van der Waals surface area contributed by atoms with Crippen molar-refractivity contribution in [3.63, 3.8) is 0 Å². The lowest BCUT2D eigenvalue weighted by Gasteiger charge is -2.24. The molecule has 68 valence electrons. The van der Waals surface area contributed by atoms with Gasteiger partial charge in [-0.05, 0) is 24.0 Å². The fourth-order valence-corrected chi connectivity index (χ4v) is 1.74. The summed E-state index contributed by atoms with van der Waals surface area (Å²) in [5.74, 6) is 0.621. The van der Waals surface area contributed by atoms with Crippen molar-refractivity contribution in [2.45, 2.75) is 32.1 Å². The van der Waals surface area contributed by atoms with Gasteiger partial charge in [0.1, 0.15) is 5.78 Å². The largest absolute Gasteiger partial charge is 0.299 e. The quantitative estimate of drug-likeness (QED) is 0.673. The molecule has 0 heterocycles. The van der Waals surface area contributed by atoms with Gasteiger partial charge in [-0.2, -0.15) is 0 Å². The molecule has 0 N–H and O–H groups in total. The van der Waals surface area contributed by atoms with Gasteiger partial charge >= 0.3 is 0 Å². The Morgan fingerprint density at radius 3 is 2.38 bits per heavy atom. The molecular formula is C12H14O. The lowest BCUT2D eigenvalue weighted by Crippen LogP contribution is -2.22. The van der Waals surface area contributed by atoms with Crippen LogP contribution < -0.4 is 0 Å². The molecule has 0 bridgehead atoms. The molecule has 1 aromatic carbocycles. The van der Waals surface area contributed by atoms with Gasteiger partial charge in [-0.25, -0.2) is 0 Å². The zero-order valence-electron chi connectivity index (χ0n) is 7.92. The van der Waals surface area contributed by atoms with Crippen molar-refractivity contribution >= 4 is 5.78 Å². The van der Waals surface area contributed by atoms with Crippen LogP contribution in [0.25, 0.3) is 0 Å². The lowest BCUT2D eigenvalue weighted by atomic mass is 9.78. The summed E-state index contributed by atoms with van der Waals surface area (Å²) in [7, 11) is 0. The van der Waals surface area contributed by atoms with Gasteiger partial charge < -0.3 is 0 Å². The van der Waals surface area contributed by atoms with E-state index in [4.69, 9.17) is 0 Å². The number of ketones is 1. The zero-order chi connectivity index (χ0) is 9.26. The maximum absolute atomic E-state index is 11.2. The molecule has 1 heteroatoms. The van der Waals surface area contributed by atoms with Crippen molar-refractivity contribution in [3.05, 3.63) is 35.4 Å². The zero-order valence-corrected chi connectivity index (χ0v) is 7.92. The van der Waals surface area contributed by atoms with Crippen LogP contribution in [-0.4, -0.2) is 5.78 Å². The number of aryl methyl sites for hydroxylation is 1. The highest BCUT2D eigenvalue weighted by Gasteiger charge is 2.28. The molecule has 1 saturated carbocycles. The van der Waals surface area contributed by atoms with E-state index in [0.717, 1.165) is 19.3 Å². The molecule has 0 spiro atoms. The first kappa shape index (κ1) is 8.49. The number of hydrogen-bond acceptors (Lipinski definition) is 1. The fourth-order valence-electron chi connectivity index (χ4n) is 1.74. The molecule has 1 aromatic rings. The predicted molar refractivity (Wildman–Crippen MR) is 52.8 cm³/mol. The van der Waals surface area contributed by atoms with Crippen LogP contribution in [0, 0.1) is 0 Å². The third-order valence-electron chi connectivity index (χ3n) is 2.86. The predicted octanol–water partition coefficient (Wildman–Crippen LogP) is 2.70. The van der Waals surface area contributed by atoms with Crippen molar-refractivity contribution in [3.8, 4) is 0 Å². The highest BCUT2D eigenvalue weighted by molar-refractivity contribution is 5.91. The summed E-state index contributed by atoms with van der Waals surface area (Å²) in [6.07, 6.45) is 2.89. The summed E-state index contributed by atoms with van der Waals surface area (Å²) in [4.78, 5) is 11.2. The van der Waals surface area contributed by atoms with Crippen molar-refractivity contribution in [2.75, 3.05) is 0 Å². The molecule has 0 radical (unpaired) electrons. The van der Waals surface area contributed by atoms with E-state index in [9.17, 15) is 4.79 Å². The smallest absolute Gasteiger partial charge is 0.140 e. The van der Waals surface area contributed by atoms with Gasteiger partial charge in [0.25, 0.3) is 0 Å². The summed E-state index contributed by atoms with van der Waals surface area (Å²) < 4.78 is 0. The molecular weight excluding hydrogens is 160 g/mol. The van der Waals surface area contributed by atoms with Crippen LogP contribution in [0.3, 0.4) is 0 Å². The van der Waals surface area contributed by atoms with E-state index in [0.29, 0.717) is 5.78 Å². The topological polar surface area (TPSA) is 17.1 Å². The molecule has 1 aliphatic rings. The van der Waals surface area contributed by atoms with Gasteiger partial charge in [-0.15, -0.1) is 0 Å². The van der Waals surface area contributed by atoms with Crippen molar-refractivity contribution in [1.82, 2.24) is 0 Å². The molecule has 0 aromatic heterocycles. The number of carbonyl (C=O) groups is 1.